The smallest absolute Gasteiger partial charge is 0.329 e. The lowest BCUT2D eigenvalue weighted by Crippen LogP contribution is -2.14. The van der Waals surface area contributed by atoms with Crippen LogP contribution in [-0.4, -0.2) is 35.4 Å². The molecule has 0 spiro atoms. The Bertz CT molecular complexity index is 643. The van der Waals surface area contributed by atoms with Crippen LogP contribution < -0.4 is 10.0 Å². The van der Waals surface area contributed by atoms with Crippen molar-refractivity contribution in [2.75, 3.05) is 11.3 Å². The van der Waals surface area contributed by atoms with Gasteiger partial charge < -0.3 is 9.73 Å². The second-order valence-electron chi connectivity index (χ2n) is 4.12. The predicted molar refractivity (Wildman–Crippen MR) is 63.7 cm³/mol. The zero-order valence-corrected chi connectivity index (χ0v) is 10.6. The molecule has 102 valence electrons. The van der Waals surface area contributed by atoms with Crippen molar-refractivity contribution in [1.82, 2.24) is 25.7 Å². The van der Waals surface area contributed by atoms with Gasteiger partial charge in [0.2, 0.25) is 5.89 Å². The van der Waals surface area contributed by atoms with Crippen molar-refractivity contribution in [3.8, 4) is 0 Å². The van der Waals surface area contributed by atoms with Crippen LogP contribution in [0.2, 0.25) is 0 Å². The first-order valence-electron chi connectivity index (χ1n) is 5.74. The summed E-state index contributed by atoms with van der Waals surface area (Å²) in [6, 6.07) is 1.18. The Hall–Kier alpha value is -1.94. The topological polar surface area (TPSA) is 126 Å². The summed E-state index contributed by atoms with van der Waals surface area (Å²) in [4.78, 5) is 0. The van der Waals surface area contributed by atoms with Crippen LogP contribution >= 0.6 is 0 Å². The van der Waals surface area contributed by atoms with Crippen molar-refractivity contribution in [3.63, 3.8) is 0 Å². The van der Waals surface area contributed by atoms with Gasteiger partial charge in [0.05, 0.1) is 12.2 Å². The zero-order valence-electron chi connectivity index (χ0n) is 9.83. The first-order chi connectivity index (χ1) is 9.15. The standard InChI is InChI=1S/C9H12N6O3S/c16-19(17,7-3-5-11-12-7)15-9-14-13-8(18-9)6-2-1-4-10-6/h3,5-6,10H,1-2,4H2,(H,11,12)(H,14,15). The molecule has 1 aliphatic heterocycles. The van der Waals surface area contributed by atoms with E-state index in [-0.39, 0.29) is 17.1 Å². The SMILES string of the molecule is O=S(=O)(Nc1nnc(C2CCCN2)o1)c1ccn[nH]1. The molecule has 10 heteroatoms. The Morgan fingerprint density at radius 1 is 1.42 bits per heavy atom. The van der Waals surface area contributed by atoms with E-state index in [9.17, 15) is 8.42 Å². The van der Waals surface area contributed by atoms with Gasteiger partial charge in [0.15, 0.2) is 5.03 Å². The number of hydrogen-bond acceptors (Lipinski definition) is 7. The lowest BCUT2D eigenvalue weighted by Gasteiger charge is -2.03. The fraction of sp³-hybridized carbons (Fsp3) is 0.444. The Kier molecular flexibility index (Phi) is 2.95. The van der Waals surface area contributed by atoms with E-state index >= 15 is 0 Å². The van der Waals surface area contributed by atoms with Crippen molar-refractivity contribution < 1.29 is 12.8 Å². The minimum atomic E-state index is -3.76. The maximum absolute atomic E-state index is 11.9. The highest BCUT2D eigenvalue weighted by atomic mass is 32.2. The van der Waals surface area contributed by atoms with Crippen molar-refractivity contribution in [2.24, 2.45) is 0 Å². The molecule has 9 nitrogen and oxygen atoms in total. The summed E-state index contributed by atoms with van der Waals surface area (Å²) in [6.07, 6.45) is 3.27. The number of H-pyrrole nitrogens is 1. The van der Waals surface area contributed by atoms with Crippen molar-refractivity contribution in [1.29, 1.82) is 0 Å². The molecule has 0 saturated carbocycles. The number of anilines is 1. The molecule has 0 bridgehead atoms. The van der Waals surface area contributed by atoms with E-state index in [4.69, 9.17) is 4.42 Å². The molecule has 1 saturated heterocycles. The molecule has 1 unspecified atom stereocenters. The van der Waals surface area contributed by atoms with Gasteiger partial charge in [0.1, 0.15) is 0 Å². The highest BCUT2D eigenvalue weighted by molar-refractivity contribution is 7.92. The van der Waals surface area contributed by atoms with Gasteiger partial charge in [-0.2, -0.15) is 13.5 Å². The van der Waals surface area contributed by atoms with Gasteiger partial charge >= 0.3 is 6.01 Å². The van der Waals surface area contributed by atoms with Crippen LogP contribution in [0, 0.1) is 0 Å². The van der Waals surface area contributed by atoms with Crippen LogP contribution in [0.1, 0.15) is 24.8 Å². The maximum atomic E-state index is 11.9. The Morgan fingerprint density at radius 3 is 3.00 bits per heavy atom. The van der Waals surface area contributed by atoms with Crippen LogP contribution in [0.15, 0.2) is 21.7 Å². The normalized spacial score (nSPS) is 19.7. The second kappa shape index (κ2) is 4.63. The molecule has 0 radical (unpaired) electrons. The number of aromatic nitrogens is 4. The van der Waals surface area contributed by atoms with Gasteiger partial charge in [-0.15, -0.1) is 5.10 Å². The molecule has 2 aromatic rings. The van der Waals surface area contributed by atoms with Crippen LogP contribution in [0.5, 0.6) is 0 Å². The lowest BCUT2D eigenvalue weighted by atomic mass is 10.2. The molecule has 3 N–H and O–H groups in total. The summed E-state index contributed by atoms with van der Waals surface area (Å²) in [6.45, 7) is 0.891. The summed E-state index contributed by atoms with van der Waals surface area (Å²) >= 11 is 0. The molecule has 1 atom stereocenters. The first-order valence-corrected chi connectivity index (χ1v) is 7.22. The van der Waals surface area contributed by atoms with E-state index in [0.717, 1.165) is 19.4 Å². The summed E-state index contributed by atoms with van der Waals surface area (Å²) in [5.41, 5.74) is 0. The summed E-state index contributed by atoms with van der Waals surface area (Å²) in [7, 11) is -3.76. The van der Waals surface area contributed by atoms with Crippen LogP contribution in [-0.2, 0) is 10.0 Å². The van der Waals surface area contributed by atoms with Gasteiger partial charge in [0, 0.05) is 0 Å². The quantitative estimate of drug-likeness (QED) is 0.722. The molecular weight excluding hydrogens is 272 g/mol. The molecule has 19 heavy (non-hydrogen) atoms. The van der Waals surface area contributed by atoms with Gasteiger partial charge in [-0.1, -0.05) is 5.10 Å². The van der Waals surface area contributed by atoms with E-state index in [1.54, 1.807) is 0 Å². The highest BCUT2D eigenvalue weighted by Gasteiger charge is 2.24. The Labute approximate surface area is 108 Å². The van der Waals surface area contributed by atoms with E-state index in [1.807, 2.05) is 0 Å². The van der Waals surface area contributed by atoms with Crippen molar-refractivity contribution in [2.45, 2.75) is 23.9 Å². The molecule has 3 rings (SSSR count). The molecule has 1 aliphatic rings. The summed E-state index contributed by atoms with van der Waals surface area (Å²) < 4.78 is 31.2. The van der Waals surface area contributed by atoms with Gasteiger partial charge in [-0.3, -0.25) is 5.10 Å². The summed E-state index contributed by atoms with van der Waals surface area (Å²) in [5.74, 6) is 0.389. The molecular formula is C9H12N6O3S. The van der Waals surface area contributed by atoms with Crippen LogP contribution in [0.3, 0.4) is 0 Å². The minimum Gasteiger partial charge on any atom is -0.406 e. The Morgan fingerprint density at radius 2 is 2.32 bits per heavy atom. The molecule has 0 amide bonds. The van der Waals surface area contributed by atoms with Gasteiger partial charge in [-0.05, 0) is 25.5 Å². The Balaban J connectivity index is 1.77. The van der Waals surface area contributed by atoms with E-state index in [0.29, 0.717) is 5.89 Å². The average molecular weight is 284 g/mol. The minimum absolute atomic E-state index is 0.00194. The van der Waals surface area contributed by atoms with Crippen LogP contribution in [0.25, 0.3) is 0 Å². The molecule has 0 aliphatic carbocycles. The number of hydrogen-bond donors (Lipinski definition) is 3. The van der Waals surface area contributed by atoms with E-state index in [1.165, 1.54) is 12.3 Å². The maximum Gasteiger partial charge on any atom is 0.329 e. The molecule has 3 heterocycles. The van der Waals surface area contributed by atoms with Crippen molar-refractivity contribution in [3.05, 3.63) is 18.2 Å². The van der Waals surface area contributed by atoms with Gasteiger partial charge in [-0.25, -0.2) is 4.72 Å². The molecule has 2 aromatic heterocycles. The predicted octanol–water partition coefficient (Wildman–Crippen LogP) is 0.0180. The fourth-order valence-electron chi connectivity index (χ4n) is 1.87. The monoisotopic (exact) mass is 284 g/mol. The lowest BCUT2D eigenvalue weighted by molar-refractivity contribution is 0.439. The average Bonchev–Trinajstić information content (AvgIpc) is 3.11. The number of nitrogens with one attached hydrogen (secondary N) is 3. The third-order valence-corrected chi connectivity index (χ3v) is 4.04. The molecule has 0 aromatic carbocycles. The first kappa shape index (κ1) is 12.1. The van der Waals surface area contributed by atoms with E-state index in [2.05, 4.69) is 30.4 Å². The largest absolute Gasteiger partial charge is 0.406 e. The van der Waals surface area contributed by atoms with Crippen molar-refractivity contribution >= 4 is 16.0 Å². The van der Waals surface area contributed by atoms with Gasteiger partial charge in [0.25, 0.3) is 10.0 Å². The highest BCUT2D eigenvalue weighted by Crippen LogP contribution is 2.23. The fourth-order valence-corrected chi connectivity index (χ4v) is 2.71. The second-order valence-corrected chi connectivity index (χ2v) is 5.77. The number of rotatable bonds is 4. The summed E-state index contributed by atoms with van der Waals surface area (Å²) in [5, 5.41) is 16.6. The van der Waals surface area contributed by atoms with E-state index < -0.39 is 10.0 Å². The zero-order chi connectivity index (χ0) is 13.3. The number of aromatic amines is 1. The third kappa shape index (κ3) is 2.44. The molecule has 1 fully saturated rings. The number of sulfonamides is 1. The third-order valence-electron chi connectivity index (χ3n) is 2.79. The number of nitrogens with zero attached hydrogens (tertiary/aromatic N) is 3. The van der Waals surface area contributed by atoms with Crippen LogP contribution in [0.4, 0.5) is 6.01 Å².